The predicted octanol–water partition coefficient (Wildman–Crippen LogP) is 2.13. The minimum absolute atomic E-state index is 0.0618. The molecule has 2 N–H and O–H groups in total. The number of likely N-dealkylation sites (N-methyl/N-ethyl adjacent to an activating group) is 1. The van der Waals surface area contributed by atoms with Gasteiger partial charge >= 0.3 is 0 Å². The van der Waals surface area contributed by atoms with Crippen LogP contribution in [0.5, 0.6) is 0 Å². The van der Waals surface area contributed by atoms with E-state index in [1.165, 1.54) is 6.33 Å². The van der Waals surface area contributed by atoms with E-state index in [9.17, 15) is 0 Å². The molecule has 20 heavy (non-hydrogen) atoms. The van der Waals surface area contributed by atoms with Crippen LogP contribution in [0, 0.1) is 0 Å². The summed E-state index contributed by atoms with van der Waals surface area (Å²) >= 11 is 6.46. The van der Waals surface area contributed by atoms with E-state index in [2.05, 4.69) is 46.4 Å². The van der Waals surface area contributed by atoms with Gasteiger partial charge in [-0.2, -0.15) is 10.2 Å². The molecule has 0 saturated heterocycles. The van der Waals surface area contributed by atoms with E-state index in [0.29, 0.717) is 0 Å². The maximum absolute atomic E-state index is 6.46. The third kappa shape index (κ3) is 3.02. The quantitative estimate of drug-likeness (QED) is 0.821. The van der Waals surface area contributed by atoms with Gasteiger partial charge in [-0.25, -0.2) is 4.98 Å². The van der Waals surface area contributed by atoms with Crippen molar-refractivity contribution in [2.24, 2.45) is 0 Å². The van der Waals surface area contributed by atoms with Crippen LogP contribution in [0.25, 0.3) is 0 Å². The molecule has 2 rings (SSSR count). The zero-order chi connectivity index (χ0) is 14.5. The maximum Gasteiger partial charge on any atom is 0.141 e. The maximum atomic E-state index is 6.46. The Hall–Kier alpha value is -1.40. The lowest BCUT2D eigenvalue weighted by molar-refractivity contribution is 0.496. The topological polar surface area (TPSA) is 71.4 Å². The van der Waals surface area contributed by atoms with Gasteiger partial charge in [0.05, 0.1) is 22.5 Å². The van der Waals surface area contributed by atoms with Gasteiger partial charge in [-0.15, -0.1) is 0 Å². The molecule has 0 aliphatic rings. The molecule has 0 aliphatic heterocycles. The van der Waals surface area contributed by atoms with Gasteiger partial charge in [0.15, 0.2) is 0 Å². The summed E-state index contributed by atoms with van der Waals surface area (Å²) in [5.74, 6) is 0.824. The highest BCUT2D eigenvalue weighted by molar-refractivity contribution is 6.31. The van der Waals surface area contributed by atoms with Crippen molar-refractivity contribution in [1.29, 1.82) is 0 Å². The smallest absolute Gasteiger partial charge is 0.141 e. The average molecular weight is 297 g/mol. The first kappa shape index (κ1) is 15.0. The second kappa shape index (κ2) is 6.85. The number of aryl methyl sites for hydroxylation is 2. The summed E-state index contributed by atoms with van der Waals surface area (Å²) < 4.78 is 1.97. The SMILES string of the molecule is CCNC(Cc1c(Cl)c(CC)nn1CC)c1ncn[nH]1. The molecular weight excluding hydrogens is 276 g/mol. The van der Waals surface area contributed by atoms with Crippen LogP contribution in [0.4, 0.5) is 0 Å². The highest BCUT2D eigenvalue weighted by Crippen LogP contribution is 2.25. The Morgan fingerprint density at radius 1 is 1.40 bits per heavy atom. The van der Waals surface area contributed by atoms with E-state index < -0.39 is 0 Å². The fraction of sp³-hybridized carbons (Fsp3) is 0.615. The van der Waals surface area contributed by atoms with Crippen LogP contribution in [0.1, 0.15) is 44.0 Å². The van der Waals surface area contributed by atoms with Crippen molar-refractivity contribution in [3.05, 3.63) is 28.6 Å². The van der Waals surface area contributed by atoms with Gasteiger partial charge in [0.1, 0.15) is 12.2 Å². The van der Waals surface area contributed by atoms with Gasteiger partial charge in [-0.3, -0.25) is 9.78 Å². The second-order valence-electron chi connectivity index (χ2n) is 4.56. The molecule has 0 amide bonds. The number of hydrogen-bond acceptors (Lipinski definition) is 4. The van der Waals surface area contributed by atoms with Crippen LogP contribution in [0.3, 0.4) is 0 Å². The van der Waals surface area contributed by atoms with Gasteiger partial charge in [-0.1, -0.05) is 25.4 Å². The standard InChI is InChI=1S/C13H21ClN6/c1-4-9-12(14)11(20(6-3)19-9)7-10(15-5-2)13-16-8-17-18-13/h8,10,15H,4-7H2,1-3H3,(H,16,17,18). The summed E-state index contributed by atoms with van der Waals surface area (Å²) in [6, 6.07) is 0.0618. The third-order valence-electron chi connectivity index (χ3n) is 3.31. The Labute approximate surface area is 123 Å². The Morgan fingerprint density at radius 3 is 2.75 bits per heavy atom. The van der Waals surface area contributed by atoms with Crippen molar-refractivity contribution in [2.75, 3.05) is 6.54 Å². The van der Waals surface area contributed by atoms with Gasteiger partial charge in [-0.05, 0) is 19.9 Å². The monoisotopic (exact) mass is 296 g/mol. The van der Waals surface area contributed by atoms with Crippen molar-refractivity contribution in [3.8, 4) is 0 Å². The van der Waals surface area contributed by atoms with E-state index in [4.69, 9.17) is 11.6 Å². The normalized spacial score (nSPS) is 12.8. The Balaban J connectivity index is 2.28. The van der Waals surface area contributed by atoms with Crippen molar-refractivity contribution < 1.29 is 0 Å². The van der Waals surface area contributed by atoms with Gasteiger partial charge in [0.2, 0.25) is 0 Å². The molecule has 2 heterocycles. The lowest BCUT2D eigenvalue weighted by Crippen LogP contribution is -2.25. The summed E-state index contributed by atoms with van der Waals surface area (Å²) in [6.07, 6.45) is 3.10. The zero-order valence-electron chi connectivity index (χ0n) is 12.1. The molecule has 0 aromatic carbocycles. The van der Waals surface area contributed by atoms with E-state index >= 15 is 0 Å². The van der Waals surface area contributed by atoms with Gasteiger partial charge in [0.25, 0.3) is 0 Å². The first-order valence-electron chi connectivity index (χ1n) is 7.03. The van der Waals surface area contributed by atoms with Crippen LogP contribution in [0.2, 0.25) is 5.02 Å². The second-order valence-corrected chi connectivity index (χ2v) is 4.94. The lowest BCUT2D eigenvalue weighted by Gasteiger charge is -2.16. The zero-order valence-corrected chi connectivity index (χ0v) is 12.9. The summed E-state index contributed by atoms with van der Waals surface area (Å²) in [4.78, 5) is 4.24. The Bertz CT molecular complexity index is 533. The molecule has 6 nitrogen and oxygen atoms in total. The number of rotatable bonds is 7. The summed E-state index contributed by atoms with van der Waals surface area (Å²) in [5.41, 5.74) is 2.00. The molecule has 0 fully saturated rings. The summed E-state index contributed by atoms with van der Waals surface area (Å²) in [6.45, 7) is 7.87. The molecule has 1 atom stereocenters. The third-order valence-corrected chi connectivity index (χ3v) is 3.74. The molecule has 2 aromatic heterocycles. The highest BCUT2D eigenvalue weighted by atomic mass is 35.5. The van der Waals surface area contributed by atoms with Crippen molar-refractivity contribution in [1.82, 2.24) is 30.3 Å². The summed E-state index contributed by atoms with van der Waals surface area (Å²) in [5, 5.41) is 15.6. The molecule has 0 bridgehead atoms. The Morgan fingerprint density at radius 2 is 2.20 bits per heavy atom. The molecule has 7 heteroatoms. The van der Waals surface area contributed by atoms with Crippen LogP contribution in [0.15, 0.2) is 6.33 Å². The van der Waals surface area contributed by atoms with E-state index in [1.807, 2.05) is 4.68 Å². The number of nitrogens with zero attached hydrogens (tertiary/aromatic N) is 4. The molecule has 2 aromatic rings. The predicted molar refractivity (Wildman–Crippen MR) is 78.8 cm³/mol. The first-order valence-corrected chi connectivity index (χ1v) is 7.41. The highest BCUT2D eigenvalue weighted by Gasteiger charge is 2.21. The van der Waals surface area contributed by atoms with Crippen molar-refractivity contribution in [3.63, 3.8) is 0 Å². The minimum Gasteiger partial charge on any atom is -0.307 e. The molecule has 1 unspecified atom stereocenters. The van der Waals surface area contributed by atoms with Gasteiger partial charge in [0, 0.05) is 13.0 Å². The largest absolute Gasteiger partial charge is 0.307 e. The Kier molecular flexibility index (Phi) is 5.14. The molecule has 0 radical (unpaired) electrons. The number of halogens is 1. The number of H-pyrrole nitrogens is 1. The average Bonchev–Trinajstić information content (AvgIpc) is 3.07. The van der Waals surface area contributed by atoms with Crippen LogP contribution < -0.4 is 5.32 Å². The van der Waals surface area contributed by atoms with E-state index in [0.717, 1.165) is 48.2 Å². The van der Waals surface area contributed by atoms with Crippen LogP contribution in [-0.4, -0.2) is 31.5 Å². The van der Waals surface area contributed by atoms with E-state index in [-0.39, 0.29) is 6.04 Å². The van der Waals surface area contributed by atoms with E-state index in [1.54, 1.807) is 0 Å². The fourth-order valence-electron chi connectivity index (χ4n) is 2.30. The van der Waals surface area contributed by atoms with Crippen molar-refractivity contribution in [2.45, 2.75) is 46.2 Å². The molecule has 0 aliphatic carbocycles. The number of nitrogens with one attached hydrogen (secondary N) is 2. The molecule has 110 valence electrons. The molecule has 0 spiro atoms. The summed E-state index contributed by atoms with van der Waals surface area (Å²) in [7, 11) is 0. The number of hydrogen-bond donors (Lipinski definition) is 2. The van der Waals surface area contributed by atoms with Crippen LogP contribution in [-0.2, 0) is 19.4 Å². The molecule has 0 saturated carbocycles. The fourth-order valence-corrected chi connectivity index (χ4v) is 2.65. The van der Waals surface area contributed by atoms with Crippen LogP contribution >= 0.6 is 11.6 Å². The van der Waals surface area contributed by atoms with Gasteiger partial charge < -0.3 is 5.32 Å². The molecular formula is C13H21ClN6. The number of aromatic nitrogens is 5. The lowest BCUT2D eigenvalue weighted by atomic mass is 10.1. The number of aromatic amines is 1. The minimum atomic E-state index is 0.0618. The van der Waals surface area contributed by atoms with Crippen molar-refractivity contribution >= 4 is 11.6 Å². The first-order chi connectivity index (χ1) is 9.71.